The van der Waals surface area contributed by atoms with Crippen LogP contribution in [0.4, 0.5) is 0 Å². The van der Waals surface area contributed by atoms with E-state index in [1.165, 1.54) is 0 Å². The van der Waals surface area contributed by atoms with Crippen LogP contribution >= 0.6 is 0 Å². The highest BCUT2D eigenvalue weighted by atomic mass is 32.2. The molecule has 6 heteroatoms. The van der Waals surface area contributed by atoms with Gasteiger partial charge in [0, 0.05) is 20.3 Å². The van der Waals surface area contributed by atoms with Crippen molar-refractivity contribution in [3.8, 4) is 0 Å². The normalized spacial score (nSPS) is 14.7. The zero-order chi connectivity index (χ0) is 14.2. The number of ether oxygens (including phenoxy) is 2. The van der Waals surface area contributed by atoms with E-state index >= 15 is 0 Å². The molecule has 0 fully saturated rings. The van der Waals surface area contributed by atoms with Gasteiger partial charge >= 0.3 is 0 Å². The molecule has 1 atom stereocenters. The van der Waals surface area contributed by atoms with Crippen LogP contribution in [0.3, 0.4) is 0 Å². The van der Waals surface area contributed by atoms with Gasteiger partial charge < -0.3 is 9.47 Å². The molecule has 0 aromatic carbocycles. The van der Waals surface area contributed by atoms with Crippen LogP contribution in [-0.4, -0.2) is 40.1 Å². The molecular formula is C12H27NO4S. The lowest BCUT2D eigenvalue weighted by Gasteiger charge is -2.22. The number of methoxy groups -OCH3 is 1. The molecule has 18 heavy (non-hydrogen) atoms. The molecular weight excluding hydrogens is 254 g/mol. The quantitative estimate of drug-likeness (QED) is 0.616. The Bertz CT molecular complexity index is 314. The highest BCUT2D eigenvalue weighted by Crippen LogP contribution is 2.13. The smallest absolute Gasteiger partial charge is 0.209 e. The molecule has 0 spiro atoms. The van der Waals surface area contributed by atoms with E-state index in [1.807, 2.05) is 20.8 Å². The first kappa shape index (κ1) is 17.8. The third-order valence-electron chi connectivity index (χ3n) is 3.05. The van der Waals surface area contributed by atoms with Gasteiger partial charge in [0.05, 0.1) is 11.4 Å². The lowest BCUT2D eigenvalue weighted by molar-refractivity contribution is -0.0110. The van der Waals surface area contributed by atoms with E-state index in [0.29, 0.717) is 25.6 Å². The molecule has 0 aliphatic carbocycles. The predicted octanol–water partition coefficient (Wildman–Crippen LogP) is 1.52. The zero-order valence-electron chi connectivity index (χ0n) is 11.9. The van der Waals surface area contributed by atoms with E-state index in [-0.39, 0.29) is 11.4 Å². The lowest BCUT2D eigenvalue weighted by atomic mass is 10.1. The summed E-state index contributed by atoms with van der Waals surface area (Å²) in [6, 6.07) is 0. The molecule has 0 bridgehead atoms. The van der Waals surface area contributed by atoms with E-state index in [4.69, 9.17) is 14.6 Å². The van der Waals surface area contributed by atoms with Crippen LogP contribution < -0.4 is 5.14 Å². The summed E-state index contributed by atoms with van der Waals surface area (Å²) in [6.45, 7) is 7.35. The molecule has 0 aromatic rings. The Labute approximate surface area is 111 Å². The van der Waals surface area contributed by atoms with Gasteiger partial charge in [0.2, 0.25) is 10.0 Å². The van der Waals surface area contributed by atoms with Crippen LogP contribution in [0.2, 0.25) is 0 Å². The highest BCUT2D eigenvalue weighted by Gasteiger charge is 2.15. The van der Waals surface area contributed by atoms with Gasteiger partial charge in [-0.25, -0.2) is 13.6 Å². The minimum atomic E-state index is -3.33. The van der Waals surface area contributed by atoms with Gasteiger partial charge in [-0.3, -0.25) is 0 Å². The van der Waals surface area contributed by atoms with Gasteiger partial charge in [-0.15, -0.1) is 0 Å². The number of hydrogen-bond donors (Lipinski definition) is 1. The molecule has 2 N–H and O–H groups in total. The van der Waals surface area contributed by atoms with E-state index in [0.717, 1.165) is 12.8 Å². The molecule has 0 rings (SSSR count). The maximum atomic E-state index is 10.8. The molecule has 1 unspecified atom stereocenters. The summed E-state index contributed by atoms with van der Waals surface area (Å²) in [4.78, 5) is 0. The predicted molar refractivity (Wildman–Crippen MR) is 72.9 cm³/mol. The molecule has 0 saturated heterocycles. The van der Waals surface area contributed by atoms with Gasteiger partial charge in [0.25, 0.3) is 0 Å². The average molecular weight is 281 g/mol. The first-order valence-electron chi connectivity index (χ1n) is 6.29. The molecule has 110 valence electrons. The van der Waals surface area contributed by atoms with E-state index in [9.17, 15) is 8.42 Å². The van der Waals surface area contributed by atoms with Crippen molar-refractivity contribution in [2.75, 3.05) is 26.1 Å². The van der Waals surface area contributed by atoms with Crippen molar-refractivity contribution in [1.29, 1.82) is 0 Å². The summed E-state index contributed by atoms with van der Waals surface area (Å²) >= 11 is 0. The van der Waals surface area contributed by atoms with Crippen molar-refractivity contribution >= 4 is 10.0 Å². The van der Waals surface area contributed by atoms with Gasteiger partial charge in [-0.1, -0.05) is 6.92 Å². The van der Waals surface area contributed by atoms with Gasteiger partial charge in [0.1, 0.15) is 0 Å². The molecule has 5 nitrogen and oxygen atoms in total. The molecule has 0 aromatic heterocycles. The third kappa shape index (κ3) is 11.0. The molecule has 0 amide bonds. The number of nitrogens with two attached hydrogens (primary N) is 1. The first-order chi connectivity index (χ1) is 8.16. The topological polar surface area (TPSA) is 78.6 Å². The Morgan fingerprint density at radius 1 is 1.22 bits per heavy atom. The summed E-state index contributed by atoms with van der Waals surface area (Å²) in [7, 11) is -1.64. The summed E-state index contributed by atoms with van der Waals surface area (Å²) in [5.41, 5.74) is -0.154. The molecule has 0 heterocycles. The maximum Gasteiger partial charge on any atom is 0.209 e. The highest BCUT2D eigenvalue weighted by molar-refractivity contribution is 7.89. The Morgan fingerprint density at radius 3 is 2.33 bits per heavy atom. The number of primary sulfonamides is 1. The molecule has 0 radical (unpaired) electrons. The second-order valence-corrected chi connectivity index (χ2v) is 7.11. The standard InChI is InChI=1S/C12H27NO4S/c1-11(6-10-18(13,14)15)5-8-17-9-7-12(2,3)16-4/h11H,5-10H2,1-4H3,(H2,13,14,15). The fourth-order valence-electron chi connectivity index (χ4n) is 1.32. The van der Waals surface area contributed by atoms with Crippen LogP contribution in [-0.2, 0) is 19.5 Å². The van der Waals surface area contributed by atoms with E-state index < -0.39 is 10.0 Å². The first-order valence-corrected chi connectivity index (χ1v) is 8.01. The van der Waals surface area contributed by atoms with Crippen LogP contribution in [0.25, 0.3) is 0 Å². The summed E-state index contributed by atoms with van der Waals surface area (Å²) in [5.74, 6) is 0.351. The second kappa shape index (κ2) is 8.09. The van der Waals surface area contributed by atoms with Gasteiger partial charge in [0.15, 0.2) is 0 Å². The summed E-state index contributed by atoms with van der Waals surface area (Å²) in [6.07, 6.45) is 2.28. The largest absolute Gasteiger partial charge is 0.381 e. The van der Waals surface area contributed by atoms with Crippen LogP contribution in [0, 0.1) is 5.92 Å². The lowest BCUT2D eigenvalue weighted by Crippen LogP contribution is -2.24. The van der Waals surface area contributed by atoms with Crippen LogP contribution in [0.5, 0.6) is 0 Å². The van der Waals surface area contributed by atoms with Crippen molar-refractivity contribution < 1.29 is 17.9 Å². The van der Waals surface area contributed by atoms with Crippen molar-refractivity contribution in [3.05, 3.63) is 0 Å². The number of sulfonamides is 1. The molecule has 0 saturated carbocycles. The van der Waals surface area contributed by atoms with E-state index in [2.05, 4.69) is 0 Å². The van der Waals surface area contributed by atoms with E-state index in [1.54, 1.807) is 7.11 Å². The monoisotopic (exact) mass is 281 g/mol. The fourth-order valence-corrected chi connectivity index (χ4v) is 2.05. The molecule has 0 aliphatic heterocycles. The van der Waals surface area contributed by atoms with Gasteiger partial charge in [-0.05, 0) is 39.0 Å². The van der Waals surface area contributed by atoms with Crippen molar-refractivity contribution in [1.82, 2.24) is 0 Å². The minimum Gasteiger partial charge on any atom is -0.381 e. The Morgan fingerprint density at radius 2 is 1.83 bits per heavy atom. The van der Waals surface area contributed by atoms with Gasteiger partial charge in [-0.2, -0.15) is 0 Å². The maximum absolute atomic E-state index is 10.8. The Balaban J connectivity index is 3.55. The minimum absolute atomic E-state index is 0.0465. The van der Waals surface area contributed by atoms with Crippen molar-refractivity contribution in [3.63, 3.8) is 0 Å². The number of hydrogen-bond acceptors (Lipinski definition) is 4. The zero-order valence-corrected chi connectivity index (χ0v) is 12.8. The SMILES string of the molecule is COC(C)(C)CCOCCC(C)CCS(N)(=O)=O. The molecule has 0 aliphatic rings. The van der Waals surface area contributed by atoms with Crippen molar-refractivity contribution in [2.45, 2.75) is 45.6 Å². The third-order valence-corrected chi connectivity index (χ3v) is 3.86. The number of rotatable bonds is 10. The average Bonchev–Trinajstić information content (AvgIpc) is 2.25. The fraction of sp³-hybridized carbons (Fsp3) is 1.00. The Hall–Kier alpha value is -0.170. The summed E-state index contributed by atoms with van der Waals surface area (Å²) in [5, 5.41) is 4.95. The second-order valence-electron chi connectivity index (χ2n) is 5.38. The van der Waals surface area contributed by atoms with Crippen molar-refractivity contribution in [2.24, 2.45) is 11.1 Å². The Kier molecular flexibility index (Phi) is 8.02. The van der Waals surface area contributed by atoms with Crippen LogP contribution in [0.1, 0.15) is 40.0 Å². The van der Waals surface area contributed by atoms with Crippen LogP contribution in [0.15, 0.2) is 0 Å². The summed E-state index contributed by atoms with van der Waals surface area (Å²) < 4.78 is 32.4.